The lowest BCUT2D eigenvalue weighted by Gasteiger charge is -2.14. The number of rotatable bonds is 4. The molecule has 2 aromatic carbocycles. The van der Waals surface area contributed by atoms with Crippen molar-refractivity contribution in [3.63, 3.8) is 0 Å². The highest BCUT2D eigenvalue weighted by atomic mass is 35.5. The number of aliphatic carboxylic acids is 1. The number of carboxylic acid groups (broad SMARTS) is 1. The van der Waals surface area contributed by atoms with Crippen LogP contribution in [-0.2, 0) is 14.6 Å². The molecule has 0 amide bonds. The third-order valence-corrected chi connectivity index (χ3v) is 5.38. The quantitative estimate of drug-likeness (QED) is 0.919. The molecule has 0 fully saturated rings. The molecule has 0 aliphatic carbocycles. The number of sulfone groups is 1. The van der Waals surface area contributed by atoms with Crippen LogP contribution in [0.4, 0.5) is 0 Å². The van der Waals surface area contributed by atoms with Crippen LogP contribution in [0.3, 0.4) is 0 Å². The van der Waals surface area contributed by atoms with Crippen molar-refractivity contribution in [3.05, 3.63) is 64.1 Å². The van der Waals surface area contributed by atoms with Crippen molar-refractivity contribution in [2.45, 2.75) is 10.1 Å². The Hall–Kier alpha value is -1.56. The summed E-state index contributed by atoms with van der Waals surface area (Å²) in [7, 11) is -4.08. The summed E-state index contributed by atoms with van der Waals surface area (Å²) in [6, 6.07) is 11.0. The number of halogens is 2. The minimum Gasteiger partial charge on any atom is -0.480 e. The summed E-state index contributed by atoms with van der Waals surface area (Å²) in [5.74, 6) is -1.45. The second-order valence-electron chi connectivity index (χ2n) is 4.27. The predicted octanol–water partition coefficient (Wildman–Crippen LogP) is 3.59. The van der Waals surface area contributed by atoms with Gasteiger partial charge in [0.2, 0.25) is 0 Å². The first-order chi connectivity index (χ1) is 9.82. The molecule has 0 aliphatic heterocycles. The lowest BCUT2D eigenvalue weighted by molar-refractivity contribution is -0.136. The van der Waals surface area contributed by atoms with Gasteiger partial charge in [0.05, 0.1) is 4.90 Å². The minimum atomic E-state index is -4.08. The van der Waals surface area contributed by atoms with Gasteiger partial charge in [-0.1, -0.05) is 35.3 Å². The fraction of sp³-hybridized carbons (Fsp3) is 0.0714. The SMILES string of the molecule is O=C(O)C(c1ccc(Cl)cc1)S(=O)(=O)c1ccc(Cl)cc1. The fourth-order valence-corrected chi connectivity index (χ4v) is 3.67. The molecular formula is C14H10Cl2O4S. The molecule has 0 heterocycles. The van der Waals surface area contributed by atoms with Crippen LogP contribution in [0.25, 0.3) is 0 Å². The van der Waals surface area contributed by atoms with Gasteiger partial charge in [-0.05, 0) is 42.0 Å². The van der Waals surface area contributed by atoms with Gasteiger partial charge in [-0.25, -0.2) is 8.42 Å². The third-order valence-electron chi connectivity index (χ3n) is 2.85. The Morgan fingerprint density at radius 2 is 1.33 bits per heavy atom. The third kappa shape index (κ3) is 3.37. The van der Waals surface area contributed by atoms with E-state index in [9.17, 15) is 18.3 Å². The van der Waals surface area contributed by atoms with Crippen molar-refractivity contribution in [2.24, 2.45) is 0 Å². The van der Waals surface area contributed by atoms with E-state index in [0.29, 0.717) is 10.0 Å². The summed E-state index contributed by atoms with van der Waals surface area (Å²) in [5, 5.41) is 8.37. The maximum absolute atomic E-state index is 12.5. The van der Waals surface area contributed by atoms with E-state index in [0.717, 1.165) is 0 Å². The number of hydrogen-bond donors (Lipinski definition) is 1. The summed E-state index contributed by atoms with van der Waals surface area (Å²) >= 11 is 11.4. The molecule has 2 aromatic rings. The van der Waals surface area contributed by atoms with Crippen LogP contribution >= 0.6 is 23.2 Å². The zero-order valence-electron chi connectivity index (χ0n) is 10.5. The molecule has 7 heteroatoms. The Balaban J connectivity index is 2.54. The van der Waals surface area contributed by atoms with Crippen LogP contribution in [0.1, 0.15) is 10.8 Å². The average molecular weight is 345 g/mol. The smallest absolute Gasteiger partial charge is 0.326 e. The monoisotopic (exact) mass is 344 g/mol. The van der Waals surface area contributed by atoms with Crippen molar-refractivity contribution in [3.8, 4) is 0 Å². The maximum Gasteiger partial charge on any atom is 0.326 e. The van der Waals surface area contributed by atoms with E-state index < -0.39 is 21.1 Å². The van der Waals surface area contributed by atoms with Gasteiger partial charge in [0.1, 0.15) is 0 Å². The average Bonchev–Trinajstić information content (AvgIpc) is 2.41. The molecule has 4 nitrogen and oxygen atoms in total. The highest BCUT2D eigenvalue weighted by Gasteiger charge is 2.35. The van der Waals surface area contributed by atoms with E-state index in [2.05, 4.69) is 0 Å². The van der Waals surface area contributed by atoms with Crippen LogP contribution in [0, 0.1) is 0 Å². The molecule has 110 valence electrons. The highest BCUT2D eigenvalue weighted by Crippen LogP contribution is 2.30. The Morgan fingerprint density at radius 1 is 0.905 bits per heavy atom. The topological polar surface area (TPSA) is 71.4 Å². The van der Waals surface area contributed by atoms with E-state index in [1.807, 2.05) is 0 Å². The van der Waals surface area contributed by atoms with Crippen molar-refractivity contribution in [1.29, 1.82) is 0 Å². The van der Waals surface area contributed by atoms with Crippen molar-refractivity contribution >= 4 is 39.0 Å². The van der Waals surface area contributed by atoms with E-state index in [1.165, 1.54) is 48.5 Å². The van der Waals surface area contributed by atoms with Gasteiger partial charge in [0, 0.05) is 10.0 Å². The summed E-state index contributed by atoms with van der Waals surface area (Å²) in [6.45, 7) is 0. The fourth-order valence-electron chi connectivity index (χ4n) is 1.85. The van der Waals surface area contributed by atoms with Crippen molar-refractivity contribution in [1.82, 2.24) is 0 Å². The second kappa shape index (κ2) is 6.05. The maximum atomic E-state index is 12.5. The van der Waals surface area contributed by atoms with Gasteiger partial charge in [-0.15, -0.1) is 0 Å². The number of carbonyl (C=O) groups is 1. The summed E-state index contributed by atoms with van der Waals surface area (Å²) < 4.78 is 25.0. The first-order valence-corrected chi connectivity index (χ1v) is 8.10. The minimum absolute atomic E-state index is 0.103. The van der Waals surface area contributed by atoms with E-state index in [1.54, 1.807) is 0 Å². The number of carboxylic acids is 1. The molecule has 0 saturated carbocycles. The Bertz CT molecular complexity index is 753. The highest BCUT2D eigenvalue weighted by molar-refractivity contribution is 7.92. The summed E-state index contributed by atoms with van der Waals surface area (Å²) in [4.78, 5) is 11.3. The first-order valence-electron chi connectivity index (χ1n) is 5.80. The van der Waals surface area contributed by atoms with E-state index >= 15 is 0 Å². The molecule has 0 aliphatic rings. The first kappa shape index (κ1) is 15.8. The van der Waals surface area contributed by atoms with E-state index in [-0.39, 0.29) is 10.5 Å². The van der Waals surface area contributed by atoms with Gasteiger partial charge in [-0.3, -0.25) is 4.79 Å². The molecule has 0 spiro atoms. The molecule has 1 N–H and O–H groups in total. The lowest BCUT2D eigenvalue weighted by atomic mass is 10.1. The summed E-state index contributed by atoms with van der Waals surface area (Å²) in [5.41, 5.74) is 0.141. The Labute approximate surface area is 131 Å². The molecule has 1 unspecified atom stereocenters. The Kier molecular flexibility index (Phi) is 4.56. The van der Waals surface area contributed by atoms with E-state index in [4.69, 9.17) is 23.2 Å². The normalized spacial score (nSPS) is 12.9. The molecule has 1 atom stereocenters. The van der Waals surface area contributed by atoms with Gasteiger partial charge >= 0.3 is 5.97 Å². The second-order valence-corrected chi connectivity index (χ2v) is 7.17. The Morgan fingerprint density at radius 3 is 1.76 bits per heavy atom. The summed E-state index contributed by atoms with van der Waals surface area (Å²) in [6.07, 6.45) is 0. The predicted molar refractivity (Wildman–Crippen MR) is 80.5 cm³/mol. The van der Waals surface area contributed by atoms with Gasteiger partial charge in [0.15, 0.2) is 15.1 Å². The van der Waals surface area contributed by atoms with Gasteiger partial charge < -0.3 is 5.11 Å². The standard InChI is InChI=1S/C14H10Cl2O4S/c15-10-3-1-9(2-4-10)13(14(17)18)21(19,20)12-7-5-11(16)6-8-12/h1-8,13H,(H,17,18). The number of benzene rings is 2. The molecule has 0 bridgehead atoms. The van der Waals surface area contributed by atoms with Crippen LogP contribution < -0.4 is 0 Å². The lowest BCUT2D eigenvalue weighted by Crippen LogP contribution is -2.22. The molecule has 0 saturated heterocycles. The van der Waals surface area contributed by atoms with Gasteiger partial charge in [-0.2, -0.15) is 0 Å². The van der Waals surface area contributed by atoms with Crippen molar-refractivity contribution in [2.75, 3.05) is 0 Å². The molecule has 2 rings (SSSR count). The molecular weight excluding hydrogens is 335 g/mol. The van der Waals surface area contributed by atoms with Crippen molar-refractivity contribution < 1.29 is 18.3 Å². The zero-order valence-corrected chi connectivity index (χ0v) is 12.9. The zero-order chi connectivity index (χ0) is 15.6. The largest absolute Gasteiger partial charge is 0.480 e. The number of hydrogen-bond acceptors (Lipinski definition) is 3. The molecule has 21 heavy (non-hydrogen) atoms. The molecule has 0 radical (unpaired) electrons. The van der Waals surface area contributed by atoms with Crippen LogP contribution in [0.5, 0.6) is 0 Å². The van der Waals surface area contributed by atoms with Crippen LogP contribution in [0.2, 0.25) is 10.0 Å². The van der Waals surface area contributed by atoms with Gasteiger partial charge in [0.25, 0.3) is 0 Å². The van der Waals surface area contributed by atoms with Crippen LogP contribution in [0.15, 0.2) is 53.4 Å². The molecule has 0 aromatic heterocycles. The van der Waals surface area contributed by atoms with Crippen LogP contribution in [-0.4, -0.2) is 19.5 Å².